The third-order valence-electron chi connectivity index (χ3n) is 4.28. The van der Waals surface area contributed by atoms with E-state index in [4.69, 9.17) is 0 Å². The molecule has 1 aliphatic rings. The minimum atomic E-state index is 0.151. The molecule has 1 aromatic carbocycles. The Bertz CT molecular complexity index is 689. The van der Waals surface area contributed by atoms with Crippen LogP contribution in [0.2, 0.25) is 0 Å². The highest BCUT2D eigenvalue weighted by molar-refractivity contribution is 7.09. The number of nitrogens with one attached hydrogen (secondary N) is 2. The molecule has 24 heavy (non-hydrogen) atoms. The Hall–Kier alpha value is -1.72. The zero-order valence-electron chi connectivity index (χ0n) is 14.5. The summed E-state index contributed by atoms with van der Waals surface area (Å²) in [4.78, 5) is 16.4. The van der Waals surface area contributed by atoms with Crippen LogP contribution in [0, 0.1) is 5.92 Å². The fourth-order valence-corrected chi connectivity index (χ4v) is 3.32. The summed E-state index contributed by atoms with van der Waals surface area (Å²) in [6.07, 6.45) is 2.06. The normalized spacial score (nSPS) is 15.5. The van der Waals surface area contributed by atoms with Gasteiger partial charge in [-0.15, -0.1) is 11.3 Å². The van der Waals surface area contributed by atoms with Crippen LogP contribution in [0.3, 0.4) is 0 Å². The average molecular weight is 343 g/mol. The number of hydrogen-bond acceptors (Lipinski definition) is 4. The van der Waals surface area contributed by atoms with Gasteiger partial charge >= 0.3 is 0 Å². The van der Waals surface area contributed by atoms with Gasteiger partial charge in [-0.1, -0.05) is 26.0 Å². The number of carbonyl (C=O) groups excluding carboxylic acids is 1. The second kappa shape index (κ2) is 7.45. The van der Waals surface area contributed by atoms with Gasteiger partial charge in [0, 0.05) is 35.5 Å². The van der Waals surface area contributed by atoms with Gasteiger partial charge < -0.3 is 10.6 Å². The van der Waals surface area contributed by atoms with Crippen LogP contribution in [0.1, 0.15) is 61.8 Å². The third-order valence-corrected chi connectivity index (χ3v) is 5.47. The van der Waals surface area contributed by atoms with E-state index < -0.39 is 0 Å². The number of benzene rings is 1. The lowest BCUT2D eigenvalue weighted by Crippen LogP contribution is -2.18. The Kier molecular flexibility index (Phi) is 5.31. The number of amides is 1. The van der Waals surface area contributed by atoms with E-state index in [0.717, 1.165) is 30.8 Å². The van der Waals surface area contributed by atoms with Gasteiger partial charge in [-0.25, -0.2) is 4.98 Å². The summed E-state index contributed by atoms with van der Waals surface area (Å²) in [5, 5.41) is 9.81. The first kappa shape index (κ1) is 17.1. The molecule has 2 N–H and O–H groups in total. The molecule has 2 aromatic rings. The van der Waals surface area contributed by atoms with Gasteiger partial charge in [-0.3, -0.25) is 4.79 Å². The van der Waals surface area contributed by atoms with E-state index in [2.05, 4.69) is 53.9 Å². The van der Waals surface area contributed by atoms with Crippen molar-refractivity contribution in [1.82, 2.24) is 10.3 Å². The maximum Gasteiger partial charge on any atom is 0.227 e. The number of thiazole rings is 1. The van der Waals surface area contributed by atoms with Gasteiger partial charge in [0.25, 0.3) is 0 Å². The smallest absolute Gasteiger partial charge is 0.227 e. The number of carbonyl (C=O) groups is 1. The molecule has 0 unspecified atom stereocenters. The van der Waals surface area contributed by atoms with Gasteiger partial charge in [-0.05, 0) is 37.5 Å². The van der Waals surface area contributed by atoms with E-state index >= 15 is 0 Å². The Morgan fingerprint density at radius 3 is 2.54 bits per heavy atom. The summed E-state index contributed by atoms with van der Waals surface area (Å²) < 4.78 is 0. The fourth-order valence-electron chi connectivity index (χ4n) is 2.49. The molecule has 1 saturated carbocycles. The predicted octanol–water partition coefficient (Wildman–Crippen LogP) is 4.47. The number of hydrogen-bond donors (Lipinski definition) is 2. The average Bonchev–Trinajstić information content (AvgIpc) is 3.31. The molecular formula is C19H25N3OS. The first-order chi connectivity index (χ1) is 11.5. The van der Waals surface area contributed by atoms with Gasteiger partial charge in [-0.2, -0.15) is 0 Å². The highest BCUT2D eigenvalue weighted by atomic mass is 32.1. The minimum absolute atomic E-state index is 0.151. The van der Waals surface area contributed by atoms with Crippen LogP contribution >= 0.6 is 11.3 Å². The van der Waals surface area contributed by atoms with Crippen molar-refractivity contribution >= 4 is 22.9 Å². The zero-order valence-corrected chi connectivity index (χ0v) is 15.3. The van der Waals surface area contributed by atoms with Crippen LogP contribution < -0.4 is 10.6 Å². The summed E-state index contributed by atoms with van der Waals surface area (Å²) in [6, 6.07) is 8.34. The number of aromatic nitrogens is 1. The van der Waals surface area contributed by atoms with Crippen LogP contribution in [0.4, 0.5) is 5.69 Å². The van der Waals surface area contributed by atoms with E-state index in [1.54, 1.807) is 11.3 Å². The van der Waals surface area contributed by atoms with E-state index in [-0.39, 0.29) is 17.9 Å². The first-order valence-electron chi connectivity index (χ1n) is 8.61. The first-order valence-corrected chi connectivity index (χ1v) is 9.49. The van der Waals surface area contributed by atoms with Crippen LogP contribution in [0.15, 0.2) is 29.6 Å². The highest BCUT2D eigenvalue weighted by Gasteiger charge is 2.29. The molecule has 3 rings (SSSR count). The number of anilines is 1. The fraction of sp³-hybridized carbons (Fsp3) is 0.474. The molecule has 1 aromatic heterocycles. The highest BCUT2D eigenvalue weighted by Crippen LogP contribution is 2.30. The standard InChI is InChI=1S/C19H25N3OS/c1-12(2)19-22-17(11-24-19)10-20-13(3)14-6-8-16(9-7-14)21-18(23)15-4-5-15/h6-9,11-13,15,20H,4-5,10H2,1-3H3,(H,21,23)/t13-/m1/s1. The van der Waals surface area contributed by atoms with Crippen molar-refractivity contribution in [1.29, 1.82) is 0 Å². The van der Waals surface area contributed by atoms with Crippen LogP contribution in [0.25, 0.3) is 0 Å². The SMILES string of the molecule is CC(C)c1nc(CN[C@H](C)c2ccc(NC(=O)C3CC3)cc2)cs1. The second-order valence-electron chi connectivity index (χ2n) is 6.82. The summed E-state index contributed by atoms with van der Waals surface area (Å²) in [5.74, 6) is 0.872. The molecule has 0 radical (unpaired) electrons. The van der Waals surface area contributed by atoms with Gasteiger partial charge in [0.2, 0.25) is 5.91 Å². The van der Waals surface area contributed by atoms with Crippen LogP contribution in [-0.4, -0.2) is 10.9 Å². The molecule has 5 heteroatoms. The monoisotopic (exact) mass is 343 g/mol. The molecule has 4 nitrogen and oxygen atoms in total. The molecule has 0 bridgehead atoms. The Labute approximate surface area is 147 Å². The van der Waals surface area contributed by atoms with E-state index in [1.807, 2.05) is 12.1 Å². The lowest BCUT2D eigenvalue weighted by Gasteiger charge is -2.14. The zero-order chi connectivity index (χ0) is 17.1. The Morgan fingerprint density at radius 1 is 1.25 bits per heavy atom. The summed E-state index contributed by atoms with van der Waals surface area (Å²) in [6.45, 7) is 7.25. The molecular weight excluding hydrogens is 318 g/mol. The maximum atomic E-state index is 11.8. The quantitative estimate of drug-likeness (QED) is 0.780. The Balaban J connectivity index is 1.52. The molecule has 1 amide bonds. The van der Waals surface area contributed by atoms with Gasteiger partial charge in [0.15, 0.2) is 0 Å². The summed E-state index contributed by atoms with van der Waals surface area (Å²) >= 11 is 1.73. The van der Waals surface area contributed by atoms with Crippen molar-refractivity contribution in [3.8, 4) is 0 Å². The number of nitrogens with zero attached hydrogens (tertiary/aromatic N) is 1. The third kappa shape index (κ3) is 4.42. The molecule has 1 heterocycles. The van der Waals surface area contributed by atoms with Crippen molar-refractivity contribution < 1.29 is 4.79 Å². The van der Waals surface area contributed by atoms with Crippen molar-refractivity contribution in [2.45, 2.75) is 52.1 Å². The van der Waals surface area contributed by atoms with Crippen molar-refractivity contribution in [2.24, 2.45) is 5.92 Å². The Morgan fingerprint density at radius 2 is 1.96 bits per heavy atom. The maximum absolute atomic E-state index is 11.8. The van der Waals surface area contributed by atoms with Crippen molar-refractivity contribution in [3.63, 3.8) is 0 Å². The van der Waals surface area contributed by atoms with Crippen LogP contribution in [0.5, 0.6) is 0 Å². The van der Waals surface area contributed by atoms with Crippen molar-refractivity contribution in [2.75, 3.05) is 5.32 Å². The molecule has 1 fully saturated rings. The van der Waals surface area contributed by atoms with E-state index in [9.17, 15) is 4.79 Å². The second-order valence-corrected chi connectivity index (χ2v) is 7.71. The molecule has 1 aliphatic carbocycles. The summed E-state index contributed by atoms with van der Waals surface area (Å²) in [5.41, 5.74) is 3.19. The predicted molar refractivity (Wildman–Crippen MR) is 99.3 cm³/mol. The largest absolute Gasteiger partial charge is 0.326 e. The molecule has 1 atom stereocenters. The molecule has 0 spiro atoms. The number of rotatable bonds is 7. The molecule has 0 saturated heterocycles. The van der Waals surface area contributed by atoms with E-state index in [1.165, 1.54) is 10.6 Å². The van der Waals surface area contributed by atoms with Gasteiger partial charge in [0.05, 0.1) is 10.7 Å². The lowest BCUT2D eigenvalue weighted by molar-refractivity contribution is -0.117. The molecule has 128 valence electrons. The molecule has 0 aliphatic heterocycles. The van der Waals surface area contributed by atoms with Gasteiger partial charge in [0.1, 0.15) is 0 Å². The van der Waals surface area contributed by atoms with Crippen molar-refractivity contribution in [3.05, 3.63) is 45.9 Å². The van der Waals surface area contributed by atoms with Crippen LogP contribution in [-0.2, 0) is 11.3 Å². The summed E-state index contributed by atoms with van der Waals surface area (Å²) in [7, 11) is 0. The lowest BCUT2D eigenvalue weighted by atomic mass is 10.1. The minimum Gasteiger partial charge on any atom is -0.326 e. The van der Waals surface area contributed by atoms with E-state index in [0.29, 0.717) is 5.92 Å². The topological polar surface area (TPSA) is 54.0 Å².